The Morgan fingerprint density at radius 2 is 1.72 bits per heavy atom. The molecule has 1 aliphatic heterocycles. The summed E-state index contributed by atoms with van der Waals surface area (Å²) in [6.07, 6.45) is 5.77. The second-order valence-electron chi connectivity index (χ2n) is 8.72. The summed E-state index contributed by atoms with van der Waals surface area (Å²) >= 11 is 6.41. The van der Waals surface area contributed by atoms with Crippen LogP contribution in [-0.4, -0.2) is 48.3 Å². The molecule has 2 N–H and O–H groups in total. The van der Waals surface area contributed by atoms with Gasteiger partial charge in [0, 0.05) is 23.3 Å². The van der Waals surface area contributed by atoms with Crippen LogP contribution in [0.1, 0.15) is 24.3 Å². The molecule has 0 radical (unpaired) electrons. The van der Waals surface area contributed by atoms with E-state index in [0.717, 1.165) is 42.7 Å². The lowest BCUT2D eigenvalue weighted by atomic mass is 9.90. The maximum absolute atomic E-state index is 12.7. The van der Waals surface area contributed by atoms with Crippen LogP contribution in [0.5, 0.6) is 0 Å². The number of likely N-dealkylation sites (tertiary alicyclic amines) is 1. The molecule has 3 heterocycles. The lowest BCUT2D eigenvalue weighted by molar-refractivity contribution is 0.255. The fourth-order valence-electron chi connectivity index (χ4n) is 4.04. The van der Waals surface area contributed by atoms with Crippen molar-refractivity contribution in [1.29, 1.82) is 0 Å². The first-order valence-electron chi connectivity index (χ1n) is 10.8. The number of rotatable bonds is 6. The molecule has 0 saturated carbocycles. The van der Waals surface area contributed by atoms with E-state index in [0.29, 0.717) is 22.4 Å². The number of hydrogen-bond acceptors (Lipinski definition) is 6. The highest BCUT2D eigenvalue weighted by Crippen LogP contribution is 2.39. The molecular weight excluding hydrogens is 441 g/mol. The number of pyridine rings is 2. The van der Waals surface area contributed by atoms with Crippen molar-refractivity contribution in [2.45, 2.75) is 18.8 Å². The Hall–Kier alpha value is -2.40. The van der Waals surface area contributed by atoms with Crippen molar-refractivity contribution in [3.8, 4) is 0 Å². The van der Waals surface area contributed by atoms with E-state index in [4.69, 9.17) is 11.6 Å². The van der Waals surface area contributed by atoms with Gasteiger partial charge < -0.3 is 20.1 Å². The minimum Gasteiger partial charge on any atom is -0.354 e. The molecule has 0 atom stereocenters. The molecule has 0 unspecified atom stereocenters. The number of nitrogens with zero attached hydrogens (tertiary/aromatic N) is 3. The molecule has 2 aromatic heterocycles. The molecule has 1 fully saturated rings. The summed E-state index contributed by atoms with van der Waals surface area (Å²) in [5.74, 6) is 1.95. The molecule has 0 aliphatic carbocycles. The van der Waals surface area contributed by atoms with Gasteiger partial charge in [-0.1, -0.05) is 23.7 Å². The molecular formula is C24H29ClN5OP. The van der Waals surface area contributed by atoms with E-state index in [9.17, 15) is 4.57 Å². The number of para-hydroxylation sites is 1. The lowest BCUT2D eigenvalue weighted by Crippen LogP contribution is -2.29. The Bertz CT molecular complexity index is 1140. The first kappa shape index (κ1) is 22.8. The van der Waals surface area contributed by atoms with Crippen molar-refractivity contribution in [3.05, 3.63) is 65.4 Å². The molecule has 0 amide bonds. The zero-order valence-corrected chi connectivity index (χ0v) is 20.3. The summed E-state index contributed by atoms with van der Waals surface area (Å²) in [5, 5.41) is 7.91. The van der Waals surface area contributed by atoms with E-state index >= 15 is 0 Å². The molecule has 32 heavy (non-hydrogen) atoms. The van der Waals surface area contributed by atoms with Gasteiger partial charge in [-0.15, -0.1) is 0 Å². The number of hydrogen-bond donors (Lipinski definition) is 2. The standard InChI is InChI=1S/C24H29ClN5OP/c1-30-12-9-17(10-13-30)18-8-11-26-23(14-18)29-24-15-21(19(25)16-27-24)28-20-6-4-5-7-22(20)32(2,3)31/h4-8,11,14-17H,9-10,12-13H2,1-3H3,(H2,26,27,28,29). The third-order valence-electron chi connectivity index (χ3n) is 5.84. The maximum Gasteiger partial charge on any atom is 0.133 e. The van der Waals surface area contributed by atoms with E-state index in [1.807, 2.05) is 36.5 Å². The van der Waals surface area contributed by atoms with Gasteiger partial charge in [-0.3, -0.25) is 0 Å². The van der Waals surface area contributed by atoms with Gasteiger partial charge in [0.05, 0.1) is 16.9 Å². The van der Waals surface area contributed by atoms with Crippen molar-refractivity contribution in [2.24, 2.45) is 0 Å². The van der Waals surface area contributed by atoms with Crippen molar-refractivity contribution < 1.29 is 4.57 Å². The molecule has 6 nitrogen and oxygen atoms in total. The first-order valence-corrected chi connectivity index (χ1v) is 13.8. The van der Waals surface area contributed by atoms with Crippen molar-refractivity contribution in [2.75, 3.05) is 44.1 Å². The SMILES string of the molecule is CN1CCC(c2ccnc(Nc3cc(Nc4ccccc4P(C)(C)=O)c(Cl)cn3)c2)CC1. The highest BCUT2D eigenvalue weighted by Gasteiger charge is 2.19. The number of benzene rings is 1. The minimum atomic E-state index is -2.45. The third kappa shape index (κ3) is 5.50. The van der Waals surface area contributed by atoms with Crippen LogP contribution in [0, 0.1) is 0 Å². The number of nitrogens with one attached hydrogen (secondary N) is 2. The lowest BCUT2D eigenvalue weighted by Gasteiger charge is -2.29. The van der Waals surface area contributed by atoms with Crippen LogP contribution in [0.3, 0.4) is 0 Å². The van der Waals surface area contributed by atoms with Gasteiger partial charge >= 0.3 is 0 Å². The largest absolute Gasteiger partial charge is 0.354 e. The summed E-state index contributed by atoms with van der Waals surface area (Å²) < 4.78 is 12.7. The zero-order chi connectivity index (χ0) is 22.7. The Morgan fingerprint density at radius 3 is 2.47 bits per heavy atom. The fourth-order valence-corrected chi connectivity index (χ4v) is 5.35. The monoisotopic (exact) mass is 469 g/mol. The summed E-state index contributed by atoms with van der Waals surface area (Å²) in [5.41, 5.74) is 2.78. The Balaban J connectivity index is 1.54. The van der Waals surface area contributed by atoms with Crippen LogP contribution >= 0.6 is 18.7 Å². The smallest absolute Gasteiger partial charge is 0.133 e. The molecule has 3 aromatic rings. The Morgan fingerprint density at radius 1 is 1.00 bits per heavy atom. The summed E-state index contributed by atoms with van der Waals surface area (Å²) in [7, 11) is -0.275. The maximum atomic E-state index is 12.7. The van der Waals surface area contributed by atoms with Gasteiger partial charge in [0.2, 0.25) is 0 Å². The molecule has 1 saturated heterocycles. The van der Waals surface area contributed by atoms with E-state index < -0.39 is 7.14 Å². The number of anilines is 4. The predicted octanol–water partition coefficient (Wildman–Crippen LogP) is 5.67. The number of halogens is 1. The predicted molar refractivity (Wildman–Crippen MR) is 135 cm³/mol. The summed E-state index contributed by atoms with van der Waals surface area (Å²) in [6.45, 7) is 5.76. The topological polar surface area (TPSA) is 70.2 Å². The second-order valence-corrected chi connectivity index (χ2v) is 12.3. The number of piperidine rings is 1. The summed E-state index contributed by atoms with van der Waals surface area (Å²) in [6, 6.07) is 13.7. The summed E-state index contributed by atoms with van der Waals surface area (Å²) in [4.78, 5) is 11.3. The van der Waals surface area contributed by atoms with Gasteiger partial charge in [0.25, 0.3) is 0 Å². The quantitative estimate of drug-likeness (QED) is 0.453. The molecule has 0 spiro atoms. The van der Waals surface area contributed by atoms with Crippen LogP contribution < -0.4 is 15.9 Å². The normalized spacial score (nSPS) is 15.5. The van der Waals surface area contributed by atoms with Crippen LogP contribution in [0.25, 0.3) is 0 Å². The molecule has 0 bridgehead atoms. The van der Waals surface area contributed by atoms with E-state index in [2.05, 4.69) is 44.7 Å². The average Bonchev–Trinajstić information content (AvgIpc) is 2.76. The van der Waals surface area contributed by atoms with Crippen LogP contribution in [0.2, 0.25) is 5.02 Å². The molecule has 4 rings (SSSR count). The number of aromatic nitrogens is 2. The zero-order valence-electron chi connectivity index (χ0n) is 18.7. The molecule has 1 aliphatic rings. The second kappa shape index (κ2) is 9.62. The molecule has 168 valence electrons. The highest BCUT2D eigenvalue weighted by molar-refractivity contribution is 7.70. The minimum absolute atomic E-state index is 0.487. The first-order chi connectivity index (χ1) is 15.3. The van der Waals surface area contributed by atoms with Gasteiger partial charge in [-0.05, 0) is 82.1 Å². The fraction of sp³-hybridized carbons (Fsp3) is 0.333. The highest BCUT2D eigenvalue weighted by atomic mass is 35.5. The van der Waals surface area contributed by atoms with Gasteiger partial charge in [-0.2, -0.15) is 0 Å². The Labute approximate surface area is 194 Å². The van der Waals surface area contributed by atoms with E-state index in [1.165, 1.54) is 5.56 Å². The van der Waals surface area contributed by atoms with Crippen molar-refractivity contribution >= 4 is 47.1 Å². The van der Waals surface area contributed by atoms with Crippen LogP contribution in [0.4, 0.5) is 23.0 Å². The van der Waals surface area contributed by atoms with Gasteiger partial charge in [0.15, 0.2) is 0 Å². The van der Waals surface area contributed by atoms with Gasteiger partial charge in [0.1, 0.15) is 18.8 Å². The Kier molecular flexibility index (Phi) is 6.85. The van der Waals surface area contributed by atoms with Crippen LogP contribution in [0.15, 0.2) is 54.9 Å². The van der Waals surface area contributed by atoms with Crippen LogP contribution in [-0.2, 0) is 4.57 Å². The average molecular weight is 470 g/mol. The van der Waals surface area contributed by atoms with Gasteiger partial charge in [-0.25, -0.2) is 9.97 Å². The van der Waals surface area contributed by atoms with Crippen molar-refractivity contribution in [1.82, 2.24) is 14.9 Å². The molecule has 8 heteroatoms. The molecule has 1 aromatic carbocycles. The third-order valence-corrected chi connectivity index (χ3v) is 7.69. The van der Waals surface area contributed by atoms with E-state index in [-0.39, 0.29) is 0 Å². The van der Waals surface area contributed by atoms with E-state index in [1.54, 1.807) is 19.5 Å². The van der Waals surface area contributed by atoms with Crippen molar-refractivity contribution in [3.63, 3.8) is 0 Å².